The zero-order valence-electron chi connectivity index (χ0n) is 15.1. The fraction of sp³-hybridized carbons (Fsp3) is 0.350. The molecule has 1 amide bonds. The molecule has 0 heterocycles. The third-order valence-electron chi connectivity index (χ3n) is 3.96. The summed E-state index contributed by atoms with van der Waals surface area (Å²) in [5, 5.41) is 2.70. The molecule has 0 aromatic heterocycles. The van der Waals surface area contributed by atoms with Gasteiger partial charge in [-0.15, -0.1) is 0 Å². The monoisotopic (exact) mass is 363 g/mol. The van der Waals surface area contributed by atoms with Crippen LogP contribution in [0.5, 0.6) is 11.5 Å². The Bertz CT molecular complexity index is 765. The maximum Gasteiger partial charge on any atom is 0.251 e. The van der Waals surface area contributed by atoms with Crippen molar-refractivity contribution < 1.29 is 23.0 Å². The highest BCUT2D eigenvalue weighted by atomic mass is 19.1. The number of unbranched alkanes of at least 4 members (excludes halogenated alkanes) is 1. The first-order valence-electron chi connectivity index (χ1n) is 8.53. The van der Waals surface area contributed by atoms with E-state index in [1.54, 1.807) is 25.1 Å². The first-order valence-corrected chi connectivity index (χ1v) is 8.53. The van der Waals surface area contributed by atoms with Gasteiger partial charge in [-0.1, -0.05) is 19.4 Å². The molecule has 0 saturated heterocycles. The molecule has 0 bridgehead atoms. The molecule has 0 radical (unpaired) electrons. The second kappa shape index (κ2) is 9.17. The number of carbonyl (C=O) groups is 1. The molecule has 0 unspecified atom stereocenters. The lowest BCUT2D eigenvalue weighted by Gasteiger charge is -2.16. The van der Waals surface area contributed by atoms with Crippen molar-refractivity contribution in [2.45, 2.75) is 32.7 Å². The topological polar surface area (TPSA) is 47.6 Å². The van der Waals surface area contributed by atoms with Gasteiger partial charge in [0.15, 0.2) is 11.5 Å². The van der Waals surface area contributed by atoms with Crippen LogP contribution in [0.15, 0.2) is 36.4 Å². The summed E-state index contributed by atoms with van der Waals surface area (Å²) in [5.74, 6) is -0.729. The molecule has 2 aromatic rings. The van der Waals surface area contributed by atoms with Gasteiger partial charge in [-0.25, -0.2) is 8.78 Å². The molecular formula is C20H23F2NO3. The van der Waals surface area contributed by atoms with E-state index in [2.05, 4.69) is 12.2 Å². The number of carbonyl (C=O) groups excluding carboxylic acids is 1. The van der Waals surface area contributed by atoms with Crippen LogP contribution in [0.4, 0.5) is 8.78 Å². The molecular weight excluding hydrogens is 340 g/mol. The summed E-state index contributed by atoms with van der Waals surface area (Å²) >= 11 is 0. The number of halogens is 2. The molecule has 140 valence electrons. The maximum absolute atomic E-state index is 13.8. The normalized spacial score (nSPS) is 11.7. The Hall–Kier alpha value is -2.63. The van der Waals surface area contributed by atoms with Crippen LogP contribution in [0.25, 0.3) is 0 Å². The van der Waals surface area contributed by atoms with Crippen LogP contribution in [-0.2, 0) is 0 Å². The maximum atomic E-state index is 13.8. The van der Waals surface area contributed by atoms with E-state index in [4.69, 9.17) is 9.47 Å². The quantitative estimate of drug-likeness (QED) is 0.695. The Balaban J connectivity index is 2.11. The molecule has 26 heavy (non-hydrogen) atoms. The summed E-state index contributed by atoms with van der Waals surface area (Å²) in [6.45, 7) is 4.27. The number of benzene rings is 2. The molecule has 6 heteroatoms. The molecule has 2 rings (SSSR count). The standard InChI is InChI=1S/C20H23F2NO3/c1-4-5-10-26-18-9-6-14(11-19(18)25-3)20(24)23-13(2)16-8-7-15(21)12-17(16)22/h6-9,11-13H,4-5,10H2,1-3H3,(H,23,24)/t13-/m1/s1. The molecule has 0 aliphatic heterocycles. The van der Waals surface area contributed by atoms with Crippen molar-refractivity contribution in [1.29, 1.82) is 0 Å². The number of ether oxygens (including phenoxy) is 2. The lowest BCUT2D eigenvalue weighted by Crippen LogP contribution is -2.27. The predicted octanol–water partition coefficient (Wildman–Crippen LogP) is 4.64. The zero-order chi connectivity index (χ0) is 19.1. The van der Waals surface area contributed by atoms with E-state index < -0.39 is 17.7 Å². The molecule has 2 aromatic carbocycles. The minimum absolute atomic E-state index is 0.214. The van der Waals surface area contributed by atoms with Crippen molar-refractivity contribution in [2.75, 3.05) is 13.7 Å². The van der Waals surface area contributed by atoms with E-state index >= 15 is 0 Å². The summed E-state index contributed by atoms with van der Waals surface area (Å²) in [6.07, 6.45) is 1.94. The van der Waals surface area contributed by atoms with Crippen molar-refractivity contribution in [1.82, 2.24) is 5.32 Å². The van der Waals surface area contributed by atoms with Gasteiger partial charge in [0.2, 0.25) is 0 Å². The number of amides is 1. The van der Waals surface area contributed by atoms with Crippen molar-refractivity contribution in [2.24, 2.45) is 0 Å². The number of methoxy groups -OCH3 is 1. The van der Waals surface area contributed by atoms with Crippen molar-refractivity contribution in [3.63, 3.8) is 0 Å². The molecule has 0 spiro atoms. The van der Waals surface area contributed by atoms with Crippen LogP contribution in [0.2, 0.25) is 0 Å². The van der Waals surface area contributed by atoms with E-state index in [0.717, 1.165) is 25.0 Å². The van der Waals surface area contributed by atoms with Crippen LogP contribution in [-0.4, -0.2) is 19.6 Å². The van der Waals surface area contributed by atoms with E-state index in [0.29, 0.717) is 23.7 Å². The average molecular weight is 363 g/mol. The fourth-order valence-corrected chi connectivity index (χ4v) is 2.46. The highest BCUT2D eigenvalue weighted by molar-refractivity contribution is 5.95. The Morgan fingerprint density at radius 2 is 1.92 bits per heavy atom. The molecule has 4 nitrogen and oxygen atoms in total. The van der Waals surface area contributed by atoms with Gasteiger partial charge >= 0.3 is 0 Å². The Morgan fingerprint density at radius 1 is 1.15 bits per heavy atom. The average Bonchev–Trinajstić information content (AvgIpc) is 2.61. The van der Waals surface area contributed by atoms with Gasteiger partial charge in [0, 0.05) is 17.2 Å². The Labute approximate surface area is 152 Å². The molecule has 1 atom stereocenters. The highest BCUT2D eigenvalue weighted by Crippen LogP contribution is 2.28. The van der Waals surface area contributed by atoms with E-state index in [1.165, 1.54) is 13.2 Å². The third kappa shape index (κ3) is 4.94. The van der Waals surface area contributed by atoms with E-state index in [-0.39, 0.29) is 11.5 Å². The van der Waals surface area contributed by atoms with Crippen LogP contribution in [0.3, 0.4) is 0 Å². The van der Waals surface area contributed by atoms with Crippen LogP contribution in [0, 0.1) is 11.6 Å². The van der Waals surface area contributed by atoms with Gasteiger partial charge in [0.25, 0.3) is 5.91 Å². The fourth-order valence-electron chi connectivity index (χ4n) is 2.46. The first-order chi connectivity index (χ1) is 12.5. The van der Waals surface area contributed by atoms with Crippen LogP contribution < -0.4 is 14.8 Å². The number of hydrogen-bond donors (Lipinski definition) is 1. The molecule has 0 saturated carbocycles. The molecule has 0 fully saturated rings. The van der Waals surface area contributed by atoms with E-state index in [1.807, 2.05) is 0 Å². The summed E-state index contributed by atoms with van der Waals surface area (Å²) in [6, 6.07) is 7.52. The molecule has 1 N–H and O–H groups in total. The van der Waals surface area contributed by atoms with Crippen molar-refractivity contribution in [3.8, 4) is 11.5 Å². The lowest BCUT2D eigenvalue weighted by atomic mass is 10.1. The van der Waals surface area contributed by atoms with Crippen LogP contribution in [0.1, 0.15) is 48.7 Å². The van der Waals surface area contributed by atoms with E-state index in [9.17, 15) is 13.6 Å². The summed E-state index contributed by atoms with van der Waals surface area (Å²) in [4.78, 5) is 12.4. The molecule has 0 aliphatic carbocycles. The number of hydrogen-bond acceptors (Lipinski definition) is 3. The third-order valence-corrected chi connectivity index (χ3v) is 3.96. The second-order valence-electron chi connectivity index (χ2n) is 5.93. The predicted molar refractivity (Wildman–Crippen MR) is 95.6 cm³/mol. The van der Waals surface area contributed by atoms with Gasteiger partial charge in [-0.05, 0) is 37.6 Å². The minimum atomic E-state index is -0.699. The second-order valence-corrected chi connectivity index (χ2v) is 5.93. The Morgan fingerprint density at radius 3 is 2.58 bits per heavy atom. The van der Waals surface area contributed by atoms with Gasteiger partial charge in [0.05, 0.1) is 19.8 Å². The zero-order valence-corrected chi connectivity index (χ0v) is 15.1. The van der Waals surface area contributed by atoms with Crippen LogP contribution >= 0.6 is 0 Å². The van der Waals surface area contributed by atoms with Gasteiger partial charge in [-0.3, -0.25) is 4.79 Å². The number of rotatable bonds is 8. The SMILES string of the molecule is CCCCOc1ccc(C(=O)N[C@H](C)c2ccc(F)cc2F)cc1OC. The van der Waals surface area contributed by atoms with Gasteiger partial charge in [0.1, 0.15) is 11.6 Å². The van der Waals surface area contributed by atoms with Gasteiger partial charge < -0.3 is 14.8 Å². The largest absolute Gasteiger partial charge is 0.493 e. The Kier molecular flexibility index (Phi) is 6.95. The van der Waals surface area contributed by atoms with Gasteiger partial charge in [-0.2, -0.15) is 0 Å². The lowest BCUT2D eigenvalue weighted by molar-refractivity contribution is 0.0939. The summed E-state index contributed by atoms with van der Waals surface area (Å²) < 4.78 is 37.8. The number of nitrogens with one attached hydrogen (secondary N) is 1. The first kappa shape index (κ1) is 19.7. The van der Waals surface area contributed by atoms with Crippen molar-refractivity contribution in [3.05, 3.63) is 59.2 Å². The molecule has 0 aliphatic rings. The summed E-state index contributed by atoms with van der Waals surface area (Å²) in [5.41, 5.74) is 0.574. The minimum Gasteiger partial charge on any atom is -0.493 e. The van der Waals surface area contributed by atoms with Crippen molar-refractivity contribution >= 4 is 5.91 Å². The highest BCUT2D eigenvalue weighted by Gasteiger charge is 2.17. The summed E-state index contributed by atoms with van der Waals surface area (Å²) in [7, 11) is 1.50. The smallest absolute Gasteiger partial charge is 0.251 e.